The Bertz CT molecular complexity index is 1920. The van der Waals surface area contributed by atoms with E-state index < -0.39 is 0 Å². The maximum absolute atomic E-state index is 9.44. The summed E-state index contributed by atoms with van der Waals surface area (Å²) in [6, 6.07) is 30.4. The molecule has 7 aromatic rings. The van der Waals surface area contributed by atoms with Crippen LogP contribution in [0.25, 0.3) is 60.8 Å². The molecular formula is C29H16N4O. The van der Waals surface area contributed by atoms with Crippen molar-refractivity contribution in [1.82, 2.24) is 14.5 Å². The number of para-hydroxylation sites is 2. The van der Waals surface area contributed by atoms with Gasteiger partial charge in [0, 0.05) is 33.2 Å². The summed E-state index contributed by atoms with van der Waals surface area (Å²) in [5.74, 6) is 0.529. The van der Waals surface area contributed by atoms with Gasteiger partial charge in [0.25, 0.3) is 0 Å². The SMILES string of the molecule is N#Cc1ccccc1-c1ncc(-n2c3ccccc3c3cc4c(cc32)oc2ccccc24)cn1. The zero-order valence-corrected chi connectivity index (χ0v) is 17.9. The molecule has 0 atom stereocenters. The quantitative estimate of drug-likeness (QED) is 0.292. The van der Waals surface area contributed by atoms with Crippen LogP contribution in [-0.4, -0.2) is 14.5 Å². The minimum Gasteiger partial charge on any atom is -0.456 e. The molecule has 0 fully saturated rings. The Kier molecular flexibility index (Phi) is 3.84. The van der Waals surface area contributed by atoms with Crippen LogP contribution in [0.2, 0.25) is 0 Å². The molecule has 5 nitrogen and oxygen atoms in total. The van der Waals surface area contributed by atoms with E-state index in [0.29, 0.717) is 11.4 Å². The van der Waals surface area contributed by atoms with Gasteiger partial charge in [-0.05, 0) is 30.3 Å². The first-order chi connectivity index (χ1) is 16.8. The lowest BCUT2D eigenvalue weighted by atomic mass is 10.1. The van der Waals surface area contributed by atoms with Crippen molar-refractivity contribution in [2.75, 3.05) is 0 Å². The van der Waals surface area contributed by atoms with Crippen LogP contribution >= 0.6 is 0 Å². The second-order valence-corrected chi connectivity index (χ2v) is 8.24. The van der Waals surface area contributed by atoms with Crippen LogP contribution in [-0.2, 0) is 0 Å². The van der Waals surface area contributed by atoms with Crippen LogP contribution in [0.5, 0.6) is 0 Å². The summed E-state index contributed by atoms with van der Waals surface area (Å²) in [6.07, 6.45) is 3.62. The molecular weight excluding hydrogens is 420 g/mol. The number of hydrogen-bond donors (Lipinski definition) is 0. The molecule has 5 heteroatoms. The lowest BCUT2D eigenvalue weighted by Gasteiger charge is -2.08. The Morgan fingerprint density at radius 1 is 0.676 bits per heavy atom. The van der Waals surface area contributed by atoms with Gasteiger partial charge in [-0.15, -0.1) is 0 Å². The van der Waals surface area contributed by atoms with Gasteiger partial charge in [0.15, 0.2) is 5.82 Å². The van der Waals surface area contributed by atoms with Crippen LogP contribution in [0.15, 0.2) is 102 Å². The average molecular weight is 436 g/mol. The molecule has 0 amide bonds. The van der Waals surface area contributed by atoms with Crippen molar-refractivity contribution in [2.45, 2.75) is 0 Å². The summed E-state index contributed by atoms with van der Waals surface area (Å²) in [6.45, 7) is 0. The summed E-state index contributed by atoms with van der Waals surface area (Å²) in [4.78, 5) is 9.24. The number of hydrogen-bond acceptors (Lipinski definition) is 4. The number of nitriles is 1. The molecule has 0 unspecified atom stereocenters. The Hall–Kier alpha value is -4.95. The Labute approximate surface area is 194 Å². The van der Waals surface area contributed by atoms with Gasteiger partial charge in [-0.2, -0.15) is 5.26 Å². The zero-order valence-electron chi connectivity index (χ0n) is 17.9. The minimum absolute atomic E-state index is 0.529. The summed E-state index contributed by atoms with van der Waals surface area (Å²) < 4.78 is 8.34. The number of aromatic nitrogens is 3. The molecule has 158 valence electrons. The van der Waals surface area contributed by atoms with Crippen LogP contribution in [0, 0.1) is 11.3 Å². The van der Waals surface area contributed by atoms with Crippen LogP contribution < -0.4 is 0 Å². The molecule has 0 aliphatic rings. The van der Waals surface area contributed by atoms with Gasteiger partial charge in [0.05, 0.1) is 40.7 Å². The van der Waals surface area contributed by atoms with Gasteiger partial charge in [0.1, 0.15) is 11.2 Å². The third-order valence-corrected chi connectivity index (χ3v) is 6.36. The lowest BCUT2D eigenvalue weighted by Crippen LogP contribution is -1.98. The maximum atomic E-state index is 9.44. The minimum atomic E-state index is 0.529. The summed E-state index contributed by atoms with van der Waals surface area (Å²) >= 11 is 0. The normalized spacial score (nSPS) is 11.5. The van der Waals surface area contributed by atoms with Crippen molar-refractivity contribution in [3.8, 4) is 23.1 Å². The van der Waals surface area contributed by atoms with Crippen molar-refractivity contribution in [3.05, 3.63) is 103 Å². The Morgan fingerprint density at radius 3 is 2.26 bits per heavy atom. The predicted molar refractivity (Wildman–Crippen MR) is 134 cm³/mol. The van der Waals surface area contributed by atoms with E-state index >= 15 is 0 Å². The highest BCUT2D eigenvalue weighted by molar-refractivity contribution is 6.17. The molecule has 0 aliphatic heterocycles. The highest BCUT2D eigenvalue weighted by Crippen LogP contribution is 2.38. The summed E-state index contributed by atoms with van der Waals surface area (Å²) in [5, 5.41) is 14.0. The number of fused-ring (bicyclic) bond motifs is 6. The molecule has 7 rings (SSSR count). The molecule has 0 bridgehead atoms. The van der Waals surface area contributed by atoms with Crippen molar-refractivity contribution in [1.29, 1.82) is 5.26 Å². The fourth-order valence-corrected chi connectivity index (χ4v) is 4.82. The largest absolute Gasteiger partial charge is 0.456 e. The first-order valence-electron chi connectivity index (χ1n) is 11.0. The molecule has 4 aromatic carbocycles. The van der Waals surface area contributed by atoms with Crippen LogP contribution in [0.3, 0.4) is 0 Å². The van der Waals surface area contributed by atoms with Crippen molar-refractivity contribution in [2.24, 2.45) is 0 Å². The van der Waals surface area contributed by atoms with E-state index in [2.05, 4.69) is 57.0 Å². The standard InChI is InChI=1S/C29H16N4O/c30-15-18-7-1-2-8-20(18)29-31-16-19(17-32-29)33-25-11-5-3-9-21(25)23-13-24-22-10-4-6-12-27(22)34-28(24)14-26(23)33/h1-14,16-17H. The lowest BCUT2D eigenvalue weighted by molar-refractivity contribution is 0.669. The third-order valence-electron chi connectivity index (χ3n) is 6.36. The molecule has 0 N–H and O–H groups in total. The van der Waals surface area contributed by atoms with Crippen LogP contribution in [0.4, 0.5) is 0 Å². The van der Waals surface area contributed by atoms with E-state index in [0.717, 1.165) is 55.0 Å². The molecule has 3 heterocycles. The van der Waals surface area contributed by atoms with Gasteiger partial charge in [-0.3, -0.25) is 0 Å². The fraction of sp³-hybridized carbons (Fsp3) is 0. The first-order valence-corrected chi connectivity index (χ1v) is 11.0. The number of furan rings is 1. The Morgan fingerprint density at radius 2 is 1.41 bits per heavy atom. The van der Waals surface area contributed by atoms with Gasteiger partial charge < -0.3 is 8.98 Å². The van der Waals surface area contributed by atoms with Gasteiger partial charge in [-0.1, -0.05) is 48.5 Å². The van der Waals surface area contributed by atoms with Gasteiger partial charge in [-0.25, -0.2) is 9.97 Å². The first kappa shape index (κ1) is 18.6. The number of rotatable bonds is 2. The second kappa shape index (κ2) is 7.03. The van der Waals surface area contributed by atoms with E-state index in [4.69, 9.17) is 4.42 Å². The van der Waals surface area contributed by atoms with E-state index in [9.17, 15) is 5.26 Å². The monoisotopic (exact) mass is 436 g/mol. The highest BCUT2D eigenvalue weighted by Gasteiger charge is 2.17. The molecule has 0 radical (unpaired) electrons. The van der Waals surface area contributed by atoms with Crippen molar-refractivity contribution >= 4 is 43.7 Å². The molecule has 3 aromatic heterocycles. The van der Waals surface area contributed by atoms with E-state index in [1.165, 1.54) is 0 Å². The van der Waals surface area contributed by atoms with Gasteiger partial charge in [0.2, 0.25) is 0 Å². The van der Waals surface area contributed by atoms with E-state index in [1.807, 2.05) is 54.9 Å². The predicted octanol–water partition coefficient (Wildman–Crippen LogP) is 7.01. The van der Waals surface area contributed by atoms with Crippen LogP contribution in [0.1, 0.15) is 5.56 Å². The Balaban J connectivity index is 1.49. The number of nitrogens with zero attached hydrogens (tertiary/aromatic N) is 4. The molecule has 34 heavy (non-hydrogen) atoms. The smallest absolute Gasteiger partial charge is 0.160 e. The number of benzene rings is 4. The fourth-order valence-electron chi connectivity index (χ4n) is 4.82. The highest BCUT2D eigenvalue weighted by atomic mass is 16.3. The maximum Gasteiger partial charge on any atom is 0.160 e. The average Bonchev–Trinajstić information content (AvgIpc) is 3.42. The van der Waals surface area contributed by atoms with E-state index in [-0.39, 0.29) is 0 Å². The molecule has 0 saturated heterocycles. The third kappa shape index (κ3) is 2.60. The van der Waals surface area contributed by atoms with E-state index in [1.54, 1.807) is 6.07 Å². The summed E-state index contributed by atoms with van der Waals surface area (Å²) in [5.41, 5.74) is 5.95. The molecule has 0 spiro atoms. The molecule has 0 aliphatic carbocycles. The molecule has 0 saturated carbocycles. The zero-order chi connectivity index (χ0) is 22.6. The summed E-state index contributed by atoms with van der Waals surface area (Å²) in [7, 11) is 0. The van der Waals surface area contributed by atoms with Crippen molar-refractivity contribution in [3.63, 3.8) is 0 Å². The van der Waals surface area contributed by atoms with Crippen molar-refractivity contribution < 1.29 is 4.42 Å². The van der Waals surface area contributed by atoms with Gasteiger partial charge >= 0.3 is 0 Å². The second-order valence-electron chi connectivity index (χ2n) is 8.24. The topological polar surface area (TPSA) is 67.6 Å².